The van der Waals surface area contributed by atoms with E-state index in [9.17, 15) is 18.0 Å². The lowest BCUT2D eigenvalue weighted by Crippen LogP contribution is -2.24. The number of halogens is 3. The number of carbonyl (C=O) groups is 1. The summed E-state index contributed by atoms with van der Waals surface area (Å²) in [6, 6.07) is 2.03. The van der Waals surface area contributed by atoms with Crippen molar-refractivity contribution < 1.29 is 22.7 Å². The molecule has 1 aromatic heterocycles. The predicted octanol–water partition coefficient (Wildman–Crippen LogP) is 2.06. The fraction of sp³-hybridized carbons (Fsp3) is 0.333. The number of hydrogen-bond donors (Lipinski definition) is 0. The van der Waals surface area contributed by atoms with E-state index in [1.165, 1.54) is 4.90 Å². The van der Waals surface area contributed by atoms with Crippen LogP contribution in [0.3, 0.4) is 0 Å². The molecule has 7 heteroatoms. The van der Waals surface area contributed by atoms with E-state index >= 15 is 0 Å². The van der Waals surface area contributed by atoms with Crippen molar-refractivity contribution in [3.05, 3.63) is 23.9 Å². The van der Waals surface area contributed by atoms with E-state index in [1.807, 2.05) is 0 Å². The second-order valence-electron chi connectivity index (χ2n) is 3.17. The number of cyclic esters (lactones) is 1. The van der Waals surface area contributed by atoms with Crippen LogP contribution >= 0.6 is 0 Å². The zero-order chi connectivity index (χ0) is 11.8. The van der Waals surface area contributed by atoms with Crippen LogP contribution in [-0.2, 0) is 10.9 Å². The van der Waals surface area contributed by atoms with Gasteiger partial charge < -0.3 is 4.74 Å². The van der Waals surface area contributed by atoms with Crippen LogP contribution in [0.25, 0.3) is 0 Å². The van der Waals surface area contributed by atoms with Crippen LogP contribution in [0.5, 0.6) is 0 Å². The molecule has 0 radical (unpaired) electrons. The van der Waals surface area contributed by atoms with Crippen LogP contribution < -0.4 is 4.90 Å². The number of anilines is 1. The van der Waals surface area contributed by atoms with Gasteiger partial charge in [0.05, 0.1) is 12.1 Å². The fourth-order valence-electron chi connectivity index (χ4n) is 1.31. The van der Waals surface area contributed by atoms with Crippen molar-refractivity contribution in [1.82, 2.24) is 4.98 Å². The third-order valence-corrected chi connectivity index (χ3v) is 2.11. The van der Waals surface area contributed by atoms with Gasteiger partial charge in [0.15, 0.2) is 0 Å². The number of nitrogens with zero attached hydrogens (tertiary/aromatic N) is 2. The van der Waals surface area contributed by atoms with Crippen molar-refractivity contribution in [3.8, 4) is 0 Å². The van der Waals surface area contributed by atoms with E-state index in [2.05, 4.69) is 9.72 Å². The van der Waals surface area contributed by atoms with E-state index in [0.29, 0.717) is 12.7 Å². The molecule has 0 N–H and O–H groups in total. The summed E-state index contributed by atoms with van der Waals surface area (Å²) in [7, 11) is 0. The minimum absolute atomic E-state index is 0.163. The first-order chi connectivity index (χ1) is 7.48. The van der Waals surface area contributed by atoms with Crippen molar-refractivity contribution in [2.45, 2.75) is 6.18 Å². The summed E-state index contributed by atoms with van der Waals surface area (Å²) in [5.41, 5.74) is -0.844. The number of pyridine rings is 1. The summed E-state index contributed by atoms with van der Waals surface area (Å²) in [5.74, 6) is 0.163. The Kier molecular flexibility index (Phi) is 2.45. The van der Waals surface area contributed by atoms with E-state index in [0.717, 1.165) is 12.1 Å². The van der Waals surface area contributed by atoms with Gasteiger partial charge in [0.1, 0.15) is 12.4 Å². The number of rotatable bonds is 1. The molecule has 0 saturated carbocycles. The highest BCUT2D eigenvalue weighted by Crippen LogP contribution is 2.29. The minimum atomic E-state index is -4.42. The van der Waals surface area contributed by atoms with E-state index in [1.54, 1.807) is 0 Å². The van der Waals surface area contributed by atoms with Crippen LogP contribution in [0.2, 0.25) is 0 Å². The van der Waals surface area contributed by atoms with Crippen molar-refractivity contribution >= 4 is 11.9 Å². The molecule has 0 aromatic carbocycles. The summed E-state index contributed by atoms with van der Waals surface area (Å²) in [6.07, 6.45) is -4.31. The Morgan fingerprint density at radius 3 is 2.56 bits per heavy atom. The number of carbonyl (C=O) groups excluding carboxylic acids is 1. The normalized spacial score (nSPS) is 16.4. The highest BCUT2D eigenvalue weighted by Gasteiger charge is 2.31. The average Bonchev–Trinajstić information content (AvgIpc) is 2.63. The monoisotopic (exact) mass is 232 g/mol. The lowest BCUT2D eigenvalue weighted by atomic mass is 10.3. The minimum Gasteiger partial charge on any atom is -0.447 e. The molecule has 2 rings (SSSR count). The van der Waals surface area contributed by atoms with Crippen LogP contribution in [0.1, 0.15) is 5.56 Å². The molecular weight excluding hydrogens is 225 g/mol. The van der Waals surface area contributed by atoms with E-state index < -0.39 is 17.8 Å². The summed E-state index contributed by atoms with van der Waals surface area (Å²) in [5, 5.41) is 0. The highest BCUT2D eigenvalue weighted by atomic mass is 19.4. The van der Waals surface area contributed by atoms with Gasteiger partial charge in [-0.1, -0.05) is 0 Å². The summed E-state index contributed by atoms with van der Waals surface area (Å²) < 4.78 is 41.3. The zero-order valence-electron chi connectivity index (χ0n) is 7.99. The Balaban J connectivity index is 2.22. The lowest BCUT2D eigenvalue weighted by Gasteiger charge is -2.12. The lowest BCUT2D eigenvalue weighted by molar-refractivity contribution is -0.137. The van der Waals surface area contributed by atoms with Gasteiger partial charge in [0.25, 0.3) is 0 Å². The predicted molar refractivity (Wildman–Crippen MR) is 47.9 cm³/mol. The Hall–Kier alpha value is -1.79. The standard InChI is InChI=1S/C9H7F3N2O2/c10-9(11,12)6-1-2-7(13-5-6)14-3-4-16-8(14)15/h1-2,5H,3-4H2. The van der Waals surface area contributed by atoms with Gasteiger partial charge in [0, 0.05) is 6.20 Å². The molecule has 86 valence electrons. The molecule has 0 bridgehead atoms. The quantitative estimate of drug-likeness (QED) is 0.744. The fourth-order valence-corrected chi connectivity index (χ4v) is 1.31. The summed E-state index contributed by atoms with van der Waals surface area (Å²) >= 11 is 0. The number of aromatic nitrogens is 1. The number of amides is 1. The van der Waals surface area contributed by atoms with Crippen LogP contribution in [0.4, 0.5) is 23.8 Å². The molecule has 0 spiro atoms. The number of ether oxygens (including phenoxy) is 1. The second kappa shape index (κ2) is 3.66. The largest absolute Gasteiger partial charge is 0.447 e. The molecule has 2 heterocycles. The Bertz CT molecular complexity index is 402. The first-order valence-corrected chi connectivity index (χ1v) is 4.46. The van der Waals surface area contributed by atoms with Gasteiger partial charge in [-0.3, -0.25) is 4.90 Å². The molecule has 1 fully saturated rings. The molecule has 0 atom stereocenters. The van der Waals surface area contributed by atoms with Gasteiger partial charge in [-0.15, -0.1) is 0 Å². The van der Waals surface area contributed by atoms with Crippen molar-refractivity contribution in [1.29, 1.82) is 0 Å². The Labute approximate surface area is 88.6 Å². The first-order valence-electron chi connectivity index (χ1n) is 4.46. The van der Waals surface area contributed by atoms with Crippen molar-refractivity contribution in [2.24, 2.45) is 0 Å². The molecule has 1 amide bonds. The maximum Gasteiger partial charge on any atom is 0.417 e. The summed E-state index contributed by atoms with van der Waals surface area (Å²) in [4.78, 5) is 15.9. The van der Waals surface area contributed by atoms with E-state index in [4.69, 9.17) is 0 Å². The van der Waals surface area contributed by atoms with Crippen molar-refractivity contribution in [3.63, 3.8) is 0 Å². The van der Waals surface area contributed by atoms with Crippen LogP contribution in [0, 0.1) is 0 Å². The SMILES string of the molecule is O=C1OCCN1c1ccc(C(F)(F)F)cn1. The number of alkyl halides is 3. The molecule has 1 aliphatic heterocycles. The molecule has 4 nitrogen and oxygen atoms in total. The molecular formula is C9H7F3N2O2. The van der Waals surface area contributed by atoms with Crippen molar-refractivity contribution in [2.75, 3.05) is 18.1 Å². The molecule has 1 saturated heterocycles. The smallest absolute Gasteiger partial charge is 0.417 e. The summed E-state index contributed by atoms with van der Waals surface area (Å²) in [6.45, 7) is 0.527. The third-order valence-electron chi connectivity index (χ3n) is 2.11. The zero-order valence-corrected chi connectivity index (χ0v) is 7.99. The Morgan fingerprint density at radius 1 is 1.38 bits per heavy atom. The van der Waals surface area contributed by atoms with Gasteiger partial charge in [-0.2, -0.15) is 13.2 Å². The molecule has 1 aliphatic rings. The van der Waals surface area contributed by atoms with Gasteiger partial charge in [-0.25, -0.2) is 9.78 Å². The van der Waals surface area contributed by atoms with Gasteiger partial charge in [-0.05, 0) is 12.1 Å². The van der Waals surface area contributed by atoms with Crippen LogP contribution in [-0.4, -0.2) is 24.2 Å². The maximum atomic E-state index is 12.2. The van der Waals surface area contributed by atoms with E-state index in [-0.39, 0.29) is 12.4 Å². The second-order valence-corrected chi connectivity index (χ2v) is 3.17. The first kappa shape index (κ1) is 10.7. The molecule has 1 aromatic rings. The maximum absolute atomic E-state index is 12.2. The molecule has 0 aliphatic carbocycles. The number of hydrogen-bond acceptors (Lipinski definition) is 3. The topological polar surface area (TPSA) is 42.4 Å². The van der Waals surface area contributed by atoms with Gasteiger partial charge >= 0.3 is 12.3 Å². The van der Waals surface area contributed by atoms with Gasteiger partial charge in [0.2, 0.25) is 0 Å². The average molecular weight is 232 g/mol. The third kappa shape index (κ3) is 1.93. The highest BCUT2D eigenvalue weighted by molar-refractivity contribution is 5.88. The van der Waals surface area contributed by atoms with Crippen LogP contribution in [0.15, 0.2) is 18.3 Å². The Morgan fingerprint density at radius 2 is 2.12 bits per heavy atom. The molecule has 0 unspecified atom stereocenters. The molecule has 16 heavy (non-hydrogen) atoms.